The summed E-state index contributed by atoms with van der Waals surface area (Å²) in [6, 6.07) is -0.475. The van der Waals surface area contributed by atoms with Crippen molar-refractivity contribution < 1.29 is 27.8 Å². The Morgan fingerprint density at radius 3 is 2.25 bits per heavy atom. The summed E-state index contributed by atoms with van der Waals surface area (Å²) in [5, 5.41) is 10.9. The predicted molar refractivity (Wildman–Crippen MR) is 49.1 cm³/mol. The standard InChI is InChI=1S/C9H14F3NO3/c1-8(7(14)15,9(10,11)12)13-6-2-4-16-5-3-6/h6,13H,2-5H2,1H3,(H,14,15). The summed E-state index contributed by atoms with van der Waals surface area (Å²) >= 11 is 0. The van der Waals surface area contributed by atoms with E-state index in [2.05, 4.69) is 5.32 Å². The van der Waals surface area contributed by atoms with Crippen molar-refractivity contribution in [3.8, 4) is 0 Å². The molecule has 0 saturated carbocycles. The van der Waals surface area contributed by atoms with E-state index in [-0.39, 0.29) is 0 Å². The highest BCUT2D eigenvalue weighted by molar-refractivity contribution is 5.79. The Bertz CT molecular complexity index is 263. The third-order valence-electron chi connectivity index (χ3n) is 2.71. The highest BCUT2D eigenvalue weighted by Gasteiger charge is 2.58. The molecule has 94 valence electrons. The number of aliphatic carboxylic acids is 1. The van der Waals surface area contributed by atoms with Gasteiger partial charge in [-0.05, 0) is 19.8 Å². The SMILES string of the molecule is CC(NC1CCOCC1)(C(=O)O)C(F)(F)F. The van der Waals surface area contributed by atoms with E-state index in [1.165, 1.54) is 0 Å². The number of carboxylic acid groups (broad SMARTS) is 1. The molecule has 1 fully saturated rings. The lowest BCUT2D eigenvalue weighted by Crippen LogP contribution is -2.63. The summed E-state index contributed by atoms with van der Waals surface area (Å²) in [5.41, 5.74) is -2.89. The van der Waals surface area contributed by atoms with Crippen LogP contribution >= 0.6 is 0 Å². The van der Waals surface area contributed by atoms with Gasteiger partial charge in [0.2, 0.25) is 5.54 Å². The molecular formula is C9H14F3NO3. The Labute approximate surface area is 90.8 Å². The van der Waals surface area contributed by atoms with Crippen LogP contribution in [0.3, 0.4) is 0 Å². The van der Waals surface area contributed by atoms with E-state index in [0.717, 1.165) is 0 Å². The molecule has 0 aromatic rings. The van der Waals surface area contributed by atoms with Crippen LogP contribution in [0.2, 0.25) is 0 Å². The Kier molecular flexibility index (Phi) is 3.80. The van der Waals surface area contributed by atoms with Gasteiger partial charge in [-0.2, -0.15) is 13.2 Å². The molecule has 0 aliphatic carbocycles. The minimum absolute atomic E-state index is 0.352. The third-order valence-corrected chi connectivity index (χ3v) is 2.71. The van der Waals surface area contributed by atoms with Gasteiger partial charge in [0.25, 0.3) is 0 Å². The third kappa shape index (κ3) is 2.65. The van der Waals surface area contributed by atoms with Crippen LogP contribution in [0.4, 0.5) is 13.2 Å². The zero-order valence-electron chi connectivity index (χ0n) is 8.80. The van der Waals surface area contributed by atoms with Gasteiger partial charge in [-0.25, -0.2) is 4.79 Å². The molecule has 0 radical (unpaired) electrons. The molecule has 16 heavy (non-hydrogen) atoms. The number of alkyl halides is 3. The topological polar surface area (TPSA) is 58.6 Å². The minimum atomic E-state index is -4.82. The number of halogens is 3. The highest BCUT2D eigenvalue weighted by atomic mass is 19.4. The molecule has 1 aliphatic rings. The molecule has 1 heterocycles. The summed E-state index contributed by atoms with van der Waals surface area (Å²) in [5.74, 6) is -1.91. The van der Waals surface area contributed by atoms with E-state index in [1.54, 1.807) is 0 Å². The van der Waals surface area contributed by atoms with Crippen molar-refractivity contribution in [1.82, 2.24) is 5.32 Å². The monoisotopic (exact) mass is 241 g/mol. The molecular weight excluding hydrogens is 227 g/mol. The summed E-state index contributed by atoms with van der Waals surface area (Å²) in [6.45, 7) is 1.35. The smallest absolute Gasteiger partial charge is 0.417 e. The van der Waals surface area contributed by atoms with Crippen LogP contribution < -0.4 is 5.32 Å². The number of nitrogens with one attached hydrogen (secondary N) is 1. The summed E-state index contributed by atoms with van der Waals surface area (Å²) in [6.07, 6.45) is -4.05. The molecule has 0 bridgehead atoms. The molecule has 1 rings (SSSR count). The normalized spacial score (nSPS) is 22.8. The van der Waals surface area contributed by atoms with Gasteiger partial charge in [0, 0.05) is 19.3 Å². The average molecular weight is 241 g/mol. The number of hydrogen-bond donors (Lipinski definition) is 2. The number of rotatable bonds is 3. The second-order valence-corrected chi connectivity index (χ2v) is 3.96. The molecule has 1 atom stereocenters. The fourth-order valence-corrected chi connectivity index (χ4v) is 1.51. The average Bonchev–Trinajstić information content (AvgIpc) is 2.17. The van der Waals surface area contributed by atoms with Gasteiger partial charge in [-0.1, -0.05) is 0 Å². The van der Waals surface area contributed by atoms with Crippen LogP contribution in [0.25, 0.3) is 0 Å². The van der Waals surface area contributed by atoms with Crippen LogP contribution in [0.15, 0.2) is 0 Å². The second-order valence-electron chi connectivity index (χ2n) is 3.96. The van der Waals surface area contributed by atoms with Gasteiger partial charge >= 0.3 is 12.1 Å². The van der Waals surface area contributed by atoms with Crippen molar-refractivity contribution in [2.45, 2.75) is 37.5 Å². The highest BCUT2D eigenvalue weighted by Crippen LogP contribution is 2.31. The zero-order chi connectivity index (χ0) is 12.4. The molecule has 1 aliphatic heterocycles. The van der Waals surface area contributed by atoms with E-state index in [9.17, 15) is 18.0 Å². The first-order valence-electron chi connectivity index (χ1n) is 4.93. The summed E-state index contributed by atoms with van der Waals surface area (Å²) < 4.78 is 42.9. The Morgan fingerprint density at radius 2 is 1.88 bits per heavy atom. The first-order chi connectivity index (χ1) is 7.27. The van der Waals surface area contributed by atoms with Gasteiger partial charge in [-0.3, -0.25) is 5.32 Å². The molecule has 1 saturated heterocycles. The zero-order valence-corrected chi connectivity index (χ0v) is 8.80. The maximum atomic E-state index is 12.6. The molecule has 0 amide bonds. The van der Waals surface area contributed by atoms with Gasteiger partial charge in [-0.15, -0.1) is 0 Å². The maximum Gasteiger partial charge on any atom is 0.417 e. The van der Waals surface area contributed by atoms with Crippen molar-refractivity contribution in [3.63, 3.8) is 0 Å². The summed E-state index contributed by atoms with van der Waals surface area (Å²) in [7, 11) is 0. The minimum Gasteiger partial charge on any atom is -0.480 e. The lowest BCUT2D eigenvalue weighted by Gasteiger charge is -2.34. The first kappa shape index (κ1) is 13.2. The van der Waals surface area contributed by atoms with Crippen molar-refractivity contribution in [1.29, 1.82) is 0 Å². The fourth-order valence-electron chi connectivity index (χ4n) is 1.51. The molecule has 1 unspecified atom stereocenters. The van der Waals surface area contributed by atoms with E-state index < -0.39 is 23.7 Å². The lowest BCUT2D eigenvalue weighted by atomic mass is 9.98. The maximum absolute atomic E-state index is 12.6. The largest absolute Gasteiger partial charge is 0.480 e. The molecule has 2 N–H and O–H groups in total. The van der Waals surface area contributed by atoms with E-state index in [4.69, 9.17) is 9.84 Å². The van der Waals surface area contributed by atoms with Gasteiger partial charge in [0.15, 0.2) is 0 Å². The molecule has 0 spiro atoms. The Balaban J connectivity index is 2.74. The van der Waals surface area contributed by atoms with Gasteiger partial charge in [0.1, 0.15) is 0 Å². The number of hydrogen-bond acceptors (Lipinski definition) is 3. The van der Waals surface area contributed by atoms with Crippen LogP contribution in [0.5, 0.6) is 0 Å². The van der Waals surface area contributed by atoms with Crippen LogP contribution in [-0.2, 0) is 9.53 Å². The van der Waals surface area contributed by atoms with Crippen LogP contribution in [0, 0.1) is 0 Å². The molecule has 4 nitrogen and oxygen atoms in total. The molecule has 0 aromatic heterocycles. The van der Waals surface area contributed by atoms with E-state index >= 15 is 0 Å². The van der Waals surface area contributed by atoms with Crippen LogP contribution in [-0.4, -0.2) is 42.0 Å². The fraction of sp³-hybridized carbons (Fsp3) is 0.889. The first-order valence-corrected chi connectivity index (χ1v) is 4.93. The quantitative estimate of drug-likeness (QED) is 0.778. The lowest BCUT2D eigenvalue weighted by molar-refractivity contribution is -0.208. The van der Waals surface area contributed by atoms with E-state index in [1.807, 2.05) is 0 Å². The molecule has 7 heteroatoms. The molecule has 0 aromatic carbocycles. The van der Waals surface area contributed by atoms with Crippen molar-refractivity contribution in [2.75, 3.05) is 13.2 Å². The predicted octanol–water partition coefficient (Wildman–Crippen LogP) is 1.16. The van der Waals surface area contributed by atoms with Crippen molar-refractivity contribution >= 4 is 5.97 Å². The number of carboxylic acids is 1. The number of ether oxygens (including phenoxy) is 1. The number of carbonyl (C=O) groups is 1. The van der Waals surface area contributed by atoms with Crippen molar-refractivity contribution in [3.05, 3.63) is 0 Å². The summed E-state index contributed by atoms with van der Waals surface area (Å²) in [4.78, 5) is 10.7. The van der Waals surface area contributed by atoms with Gasteiger partial charge < -0.3 is 9.84 Å². The van der Waals surface area contributed by atoms with Crippen LogP contribution in [0.1, 0.15) is 19.8 Å². The Hall–Kier alpha value is -0.820. The second kappa shape index (κ2) is 4.58. The van der Waals surface area contributed by atoms with Gasteiger partial charge in [0.05, 0.1) is 0 Å². The Morgan fingerprint density at radius 1 is 1.38 bits per heavy atom. The van der Waals surface area contributed by atoms with E-state index in [0.29, 0.717) is 33.0 Å². The van der Waals surface area contributed by atoms with Crippen molar-refractivity contribution in [2.24, 2.45) is 0 Å².